The van der Waals surface area contributed by atoms with Crippen molar-refractivity contribution >= 4 is 32.6 Å². The van der Waals surface area contributed by atoms with Gasteiger partial charge in [0.2, 0.25) is 10.0 Å². The number of rotatable bonds is 12. The van der Waals surface area contributed by atoms with Crippen molar-refractivity contribution in [2.75, 3.05) is 25.4 Å². The summed E-state index contributed by atoms with van der Waals surface area (Å²) >= 11 is 1.89. The van der Waals surface area contributed by atoms with Gasteiger partial charge in [0.25, 0.3) is 0 Å². The lowest BCUT2D eigenvalue weighted by atomic mass is 9.84. The highest BCUT2D eigenvalue weighted by atomic mass is 32.2. The maximum Gasteiger partial charge on any atom is 0.243 e. The lowest BCUT2D eigenvalue weighted by molar-refractivity contribution is 0.0812. The number of sulfonamides is 1. The molecule has 7 rings (SSSR count). The molecule has 0 N–H and O–H groups in total. The minimum absolute atomic E-state index is 0.0384. The number of thioether (sulfide) groups is 1. The van der Waals surface area contributed by atoms with Gasteiger partial charge in [-0.1, -0.05) is 152 Å². The van der Waals surface area contributed by atoms with Crippen LogP contribution in [0.1, 0.15) is 22.3 Å². The van der Waals surface area contributed by atoms with Gasteiger partial charge in [-0.15, -0.1) is 11.8 Å². The Kier molecular flexibility index (Phi) is 9.78. The Morgan fingerprint density at radius 2 is 1.10 bits per heavy atom. The molecular formula is C42H39NO3S2. The predicted molar refractivity (Wildman–Crippen MR) is 197 cm³/mol. The summed E-state index contributed by atoms with van der Waals surface area (Å²) in [5.74, 6) is 0.870. The molecule has 0 amide bonds. The van der Waals surface area contributed by atoms with Crippen molar-refractivity contribution in [3.05, 3.63) is 186 Å². The van der Waals surface area contributed by atoms with Crippen LogP contribution in [0.5, 0.6) is 0 Å². The second kappa shape index (κ2) is 14.5. The number of hydrogen-bond acceptors (Lipinski definition) is 4. The molecule has 0 bridgehead atoms. The molecule has 6 aromatic carbocycles. The Hall–Kier alpha value is -4.20. The van der Waals surface area contributed by atoms with Gasteiger partial charge in [0.05, 0.1) is 22.9 Å². The van der Waals surface area contributed by atoms with Crippen molar-refractivity contribution in [2.45, 2.75) is 16.2 Å². The minimum Gasteiger partial charge on any atom is -0.376 e. The van der Waals surface area contributed by atoms with Crippen LogP contribution in [0.2, 0.25) is 0 Å². The summed E-state index contributed by atoms with van der Waals surface area (Å²) in [7, 11) is -3.71. The molecule has 6 aromatic rings. The fourth-order valence-electron chi connectivity index (χ4n) is 6.85. The maximum atomic E-state index is 14.2. The van der Waals surface area contributed by atoms with Crippen LogP contribution >= 0.6 is 11.8 Å². The summed E-state index contributed by atoms with van der Waals surface area (Å²) in [6, 6.07) is 55.5. The molecule has 1 aliphatic heterocycles. The number of benzene rings is 6. The van der Waals surface area contributed by atoms with Gasteiger partial charge in [0, 0.05) is 19.0 Å². The highest BCUT2D eigenvalue weighted by Gasteiger charge is 2.43. The molecule has 1 fully saturated rings. The van der Waals surface area contributed by atoms with Crippen molar-refractivity contribution in [3.8, 4) is 0 Å². The fraction of sp³-hybridized carbons (Fsp3) is 0.190. The standard InChI is InChI=1S/C42H39NO3S2/c44-48(45,41-26-25-34-17-13-14-18-35(34)27-41)43-28-36(31-46-30-33-15-5-1-6-16-33)37(29-43)32-47-42(38-19-7-2-8-20-38,39-21-9-3-10-22-39)40-23-11-4-12-24-40/h1-27,36-37H,28-32H2. The Morgan fingerprint density at radius 1 is 0.604 bits per heavy atom. The van der Waals surface area contributed by atoms with Crippen LogP contribution in [0.25, 0.3) is 10.8 Å². The third-order valence-electron chi connectivity index (χ3n) is 9.40. The van der Waals surface area contributed by atoms with E-state index in [0.29, 0.717) is 31.2 Å². The maximum absolute atomic E-state index is 14.2. The van der Waals surface area contributed by atoms with E-state index in [9.17, 15) is 8.42 Å². The van der Waals surface area contributed by atoms with Crippen molar-refractivity contribution in [1.29, 1.82) is 0 Å². The quantitative estimate of drug-likeness (QED) is 0.122. The van der Waals surface area contributed by atoms with Gasteiger partial charge in [0.15, 0.2) is 0 Å². The van der Waals surface area contributed by atoms with Gasteiger partial charge >= 0.3 is 0 Å². The first-order valence-electron chi connectivity index (χ1n) is 16.5. The lowest BCUT2D eigenvalue weighted by Gasteiger charge is -2.36. The Morgan fingerprint density at radius 3 is 1.69 bits per heavy atom. The summed E-state index contributed by atoms with van der Waals surface area (Å²) in [5, 5.41) is 1.95. The zero-order chi connectivity index (χ0) is 32.8. The van der Waals surface area contributed by atoms with Gasteiger partial charge in [-0.05, 0) is 56.8 Å². The van der Waals surface area contributed by atoms with Crippen LogP contribution in [0.15, 0.2) is 169 Å². The summed E-state index contributed by atoms with van der Waals surface area (Å²) in [5.41, 5.74) is 4.70. The van der Waals surface area contributed by atoms with E-state index < -0.39 is 14.8 Å². The second-order valence-electron chi connectivity index (χ2n) is 12.4. The van der Waals surface area contributed by atoms with Crippen LogP contribution < -0.4 is 0 Å². The molecule has 0 aliphatic carbocycles. The van der Waals surface area contributed by atoms with Crippen molar-refractivity contribution in [3.63, 3.8) is 0 Å². The van der Waals surface area contributed by atoms with E-state index >= 15 is 0 Å². The number of fused-ring (bicyclic) bond motifs is 1. The molecule has 0 saturated carbocycles. The molecule has 1 saturated heterocycles. The molecule has 2 atom stereocenters. The van der Waals surface area contributed by atoms with Gasteiger partial charge in [-0.3, -0.25) is 0 Å². The molecule has 4 nitrogen and oxygen atoms in total. The van der Waals surface area contributed by atoms with Crippen LogP contribution in [-0.2, 0) is 26.1 Å². The second-order valence-corrected chi connectivity index (χ2v) is 15.6. The van der Waals surface area contributed by atoms with E-state index in [1.54, 1.807) is 16.4 Å². The molecule has 242 valence electrons. The van der Waals surface area contributed by atoms with Crippen LogP contribution in [0.3, 0.4) is 0 Å². The fourth-order valence-corrected chi connectivity index (χ4v) is 10.2. The van der Waals surface area contributed by atoms with E-state index in [1.165, 1.54) is 16.7 Å². The van der Waals surface area contributed by atoms with Gasteiger partial charge < -0.3 is 4.74 Å². The van der Waals surface area contributed by atoms with Crippen molar-refractivity contribution < 1.29 is 13.2 Å². The average Bonchev–Trinajstić information content (AvgIpc) is 3.57. The third kappa shape index (κ3) is 6.71. The van der Waals surface area contributed by atoms with Crippen LogP contribution in [0, 0.1) is 11.8 Å². The highest BCUT2D eigenvalue weighted by molar-refractivity contribution is 8.00. The Balaban J connectivity index is 1.22. The lowest BCUT2D eigenvalue weighted by Crippen LogP contribution is -2.30. The topological polar surface area (TPSA) is 46.6 Å². The third-order valence-corrected chi connectivity index (χ3v) is 13.0. The van der Waals surface area contributed by atoms with E-state index in [1.807, 2.05) is 60.3 Å². The molecule has 48 heavy (non-hydrogen) atoms. The largest absolute Gasteiger partial charge is 0.376 e. The van der Waals surface area contributed by atoms with E-state index in [2.05, 4.69) is 103 Å². The minimum atomic E-state index is -3.71. The molecule has 0 radical (unpaired) electrons. The number of hydrogen-bond donors (Lipinski definition) is 0. The molecule has 1 heterocycles. The summed E-state index contributed by atoms with van der Waals surface area (Å²) in [6.45, 7) is 1.84. The molecule has 6 heteroatoms. The van der Waals surface area contributed by atoms with E-state index in [-0.39, 0.29) is 11.8 Å². The van der Waals surface area contributed by atoms with Crippen molar-refractivity contribution in [1.82, 2.24) is 4.31 Å². The van der Waals surface area contributed by atoms with Crippen LogP contribution in [-0.4, -0.2) is 38.2 Å². The summed E-state index contributed by atoms with van der Waals surface area (Å²) in [4.78, 5) is 0.339. The molecule has 0 aromatic heterocycles. The Labute approximate surface area is 288 Å². The number of nitrogens with zero attached hydrogens (tertiary/aromatic N) is 1. The van der Waals surface area contributed by atoms with Crippen LogP contribution in [0.4, 0.5) is 0 Å². The zero-order valence-corrected chi connectivity index (χ0v) is 28.4. The normalized spacial score (nSPS) is 17.1. The smallest absolute Gasteiger partial charge is 0.243 e. The summed E-state index contributed by atoms with van der Waals surface area (Å²) in [6.07, 6.45) is 0. The monoisotopic (exact) mass is 669 g/mol. The first-order chi connectivity index (χ1) is 23.5. The van der Waals surface area contributed by atoms with Crippen molar-refractivity contribution in [2.24, 2.45) is 11.8 Å². The first kappa shape index (κ1) is 32.4. The molecule has 2 unspecified atom stereocenters. The first-order valence-corrected chi connectivity index (χ1v) is 18.9. The summed E-state index contributed by atoms with van der Waals surface area (Å²) < 4.78 is 35.9. The van der Waals surface area contributed by atoms with Gasteiger partial charge in [0.1, 0.15) is 0 Å². The highest BCUT2D eigenvalue weighted by Crippen LogP contribution is 2.50. The molecule has 1 aliphatic rings. The van der Waals surface area contributed by atoms with Gasteiger partial charge in [-0.25, -0.2) is 8.42 Å². The Bertz CT molecular complexity index is 1940. The van der Waals surface area contributed by atoms with E-state index in [4.69, 9.17) is 4.74 Å². The molecule has 0 spiro atoms. The predicted octanol–water partition coefficient (Wildman–Crippen LogP) is 9.02. The number of ether oxygens (including phenoxy) is 1. The molecular weight excluding hydrogens is 631 g/mol. The van der Waals surface area contributed by atoms with Gasteiger partial charge in [-0.2, -0.15) is 4.31 Å². The van der Waals surface area contributed by atoms with E-state index in [0.717, 1.165) is 22.1 Å². The zero-order valence-electron chi connectivity index (χ0n) is 26.8. The average molecular weight is 670 g/mol. The SMILES string of the molecule is O=S(=O)(c1ccc2ccccc2c1)N1CC(COCc2ccccc2)C(CSC(c2ccccc2)(c2ccccc2)c2ccccc2)C1.